The van der Waals surface area contributed by atoms with Crippen LogP contribution in [0.15, 0.2) is 53.6 Å². The van der Waals surface area contributed by atoms with Crippen molar-refractivity contribution >= 4 is 17.5 Å². The van der Waals surface area contributed by atoms with Crippen LogP contribution in [0.3, 0.4) is 0 Å². The normalized spacial score (nSPS) is 14.0. The van der Waals surface area contributed by atoms with Crippen LogP contribution >= 0.6 is 0 Å². The van der Waals surface area contributed by atoms with Crippen molar-refractivity contribution in [1.82, 2.24) is 15.0 Å². The molecule has 144 valence electrons. The highest BCUT2D eigenvalue weighted by molar-refractivity contribution is 5.69. The minimum Gasteiger partial charge on any atom is -0.497 e. The number of nitrogens with one attached hydrogen (secondary N) is 2. The van der Waals surface area contributed by atoms with E-state index in [-0.39, 0.29) is 5.56 Å². The van der Waals surface area contributed by atoms with E-state index in [9.17, 15) is 4.79 Å². The first-order valence-electron chi connectivity index (χ1n) is 9.03. The number of anilines is 3. The number of rotatable bonds is 5. The molecule has 4 rings (SSSR count). The van der Waals surface area contributed by atoms with Crippen molar-refractivity contribution in [2.45, 2.75) is 0 Å². The molecule has 0 amide bonds. The molecule has 0 bridgehead atoms. The molecule has 1 aliphatic heterocycles. The van der Waals surface area contributed by atoms with Crippen molar-refractivity contribution in [2.24, 2.45) is 0 Å². The summed E-state index contributed by atoms with van der Waals surface area (Å²) in [5.41, 5.74) is 2.05. The van der Waals surface area contributed by atoms with Crippen molar-refractivity contribution in [3.63, 3.8) is 0 Å². The molecule has 0 saturated carbocycles. The average molecular weight is 379 g/mol. The molecule has 28 heavy (non-hydrogen) atoms. The van der Waals surface area contributed by atoms with Gasteiger partial charge in [0.2, 0.25) is 5.95 Å². The van der Waals surface area contributed by atoms with Crippen LogP contribution in [0, 0.1) is 0 Å². The number of benzene rings is 1. The van der Waals surface area contributed by atoms with Crippen molar-refractivity contribution in [3.05, 3.63) is 59.1 Å². The van der Waals surface area contributed by atoms with Crippen LogP contribution in [0.25, 0.3) is 11.1 Å². The predicted octanol–water partition coefficient (Wildman–Crippen LogP) is 2.42. The highest BCUT2D eigenvalue weighted by Gasteiger charge is 2.14. The van der Waals surface area contributed by atoms with Crippen LogP contribution in [0.1, 0.15) is 0 Å². The van der Waals surface area contributed by atoms with Gasteiger partial charge in [0.15, 0.2) is 0 Å². The van der Waals surface area contributed by atoms with Crippen LogP contribution < -0.4 is 20.5 Å². The quantitative estimate of drug-likeness (QED) is 0.703. The zero-order valence-electron chi connectivity index (χ0n) is 15.5. The minimum atomic E-state index is -0.219. The summed E-state index contributed by atoms with van der Waals surface area (Å²) in [6, 6.07) is 11.2. The van der Waals surface area contributed by atoms with Gasteiger partial charge in [0.05, 0.1) is 20.3 Å². The van der Waals surface area contributed by atoms with E-state index in [2.05, 4.69) is 25.2 Å². The fraction of sp³-hybridized carbons (Fsp3) is 0.250. The Labute approximate surface area is 162 Å². The van der Waals surface area contributed by atoms with Gasteiger partial charge in [-0.05, 0) is 29.8 Å². The zero-order valence-corrected chi connectivity index (χ0v) is 15.5. The second kappa shape index (κ2) is 8.10. The van der Waals surface area contributed by atoms with E-state index in [1.165, 1.54) is 0 Å². The van der Waals surface area contributed by atoms with Gasteiger partial charge in [0.25, 0.3) is 5.56 Å². The minimum absolute atomic E-state index is 0.219. The molecule has 1 aromatic carbocycles. The van der Waals surface area contributed by atoms with E-state index in [0.717, 1.165) is 30.0 Å². The van der Waals surface area contributed by atoms with Gasteiger partial charge in [0, 0.05) is 31.0 Å². The van der Waals surface area contributed by atoms with Gasteiger partial charge in [-0.3, -0.25) is 4.79 Å². The highest BCUT2D eigenvalue weighted by atomic mass is 16.5. The van der Waals surface area contributed by atoms with E-state index >= 15 is 0 Å². The lowest BCUT2D eigenvalue weighted by atomic mass is 10.1. The van der Waals surface area contributed by atoms with Gasteiger partial charge in [-0.15, -0.1) is 0 Å². The Morgan fingerprint density at radius 2 is 1.93 bits per heavy atom. The van der Waals surface area contributed by atoms with Gasteiger partial charge in [0.1, 0.15) is 17.3 Å². The van der Waals surface area contributed by atoms with E-state index < -0.39 is 0 Å². The molecule has 1 aliphatic rings. The van der Waals surface area contributed by atoms with Crippen LogP contribution in [0.2, 0.25) is 0 Å². The van der Waals surface area contributed by atoms with Crippen LogP contribution in [0.4, 0.5) is 17.5 Å². The lowest BCUT2D eigenvalue weighted by Gasteiger charge is -2.26. The van der Waals surface area contributed by atoms with Gasteiger partial charge < -0.3 is 24.7 Å². The third-order valence-electron chi connectivity index (χ3n) is 4.53. The maximum Gasteiger partial charge on any atom is 0.271 e. The standard InChI is InChI=1S/C20H21N5O3/c1-27-16-4-2-14(3-5-16)15-12-17(19(26)22-13-15)23-18-6-7-21-20(24-18)25-8-10-28-11-9-25/h2-7,12-13H,8-11H2,1H3,(H,22,26)(H,21,23,24). The lowest BCUT2D eigenvalue weighted by Crippen LogP contribution is -2.37. The number of H-pyrrole nitrogens is 1. The molecule has 8 heteroatoms. The maximum atomic E-state index is 12.3. The summed E-state index contributed by atoms with van der Waals surface area (Å²) in [5, 5.41) is 3.11. The number of hydrogen-bond donors (Lipinski definition) is 2. The number of aromatic amines is 1. The van der Waals surface area contributed by atoms with E-state index in [1.807, 2.05) is 24.3 Å². The summed E-state index contributed by atoms with van der Waals surface area (Å²) in [6.07, 6.45) is 3.37. The number of nitrogens with zero attached hydrogens (tertiary/aromatic N) is 3. The molecule has 2 N–H and O–H groups in total. The van der Waals surface area contributed by atoms with Crippen molar-refractivity contribution < 1.29 is 9.47 Å². The molecule has 3 aromatic rings. The first-order valence-corrected chi connectivity index (χ1v) is 9.03. The third kappa shape index (κ3) is 3.96. The SMILES string of the molecule is COc1ccc(-c2c[nH]c(=O)c(Nc3ccnc(N4CCOCC4)n3)c2)cc1. The maximum absolute atomic E-state index is 12.3. The number of pyridine rings is 1. The van der Waals surface area contributed by atoms with Crippen molar-refractivity contribution in [1.29, 1.82) is 0 Å². The van der Waals surface area contributed by atoms with Crippen LogP contribution in [0.5, 0.6) is 5.75 Å². The smallest absolute Gasteiger partial charge is 0.271 e. The second-order valence-corrected chi connectivity index (χ2v) is 6.33. The van der Waals surface area contributed by atoms with Crippen LogP contribution in [-0.2, 0) is 4.74 Å². The molecule has 2 aromatic heterocycles. The number of aromatic nitrogens is 3. The Morgan fingerprint density at radius 1 is 1.14 bits per heavy atom. The Bertz CT molecular complexity index is 997. The van der Waals surface area contributed by atoms with E-state index in [1.54, 1.807) is 31.6 Å². The molecule has 3 heterocycles. The second-order valence-electron chi connectivity index (χ2n) is 6.33. The van der Waals surface area contributed by atoms with E-state index in [0.29, 0.717) is 30.7 Å². The van der Waals surface area contributed by atoms with Crippen molar-refractivity contribution in [3.8, 4) is 16.9 Å². The third-order valence-corrected chi connectivity index (χ3v) is 4.53. The van der Waals surface area contributed by atoms with Gasteiger partial charge in [-0.2, -0.15) is 4.98 Å². The van der Waals surface area contributed by atoms with Gasteiger partial charge in [-0.25, -0.2) is 4.98 Å². The monoisotopic (exact) mass is 379 g/mol. The summed E-state index contributed by atoms with van der Waals surface area (Å²) < 4.78 is 10.6. The molecule has 0 aliphatic carbocycles. The fourth-order valence-corrected chi connectivity index (χ4v) is 3.00. The van der Waals surface area contributed by atoms with E-state index in [4.69, 9.17) is 9.47 Å². The molecular weight excluding hydrogens is 358 g/mol. The zero-order chi connectivity index (χ0) is 19.3. The number of morpholine rings is 1. The predicted molar refractivity (Wildman–Crippen MR) is 107 cm³/mol. The lowest BCUT2D eigenvalue weighted by molar-refractivity contribution is 0.122. The summed E-state index contributed by atoms with van der Waals surface area (Å²) in [6.45, 7) is 2.81. The number of ether oxygens (including phenoxy) is 2. The molecule has 1 saturated heterocycles. The molecule has 8 nitrogen and oxygen atoms in total. The van der Waals surface area contributed by atoms with Crippen molar-refractivity contribution in [2.75, 3.05) is 43.6 Å². The summed E-state index contributed by atoms with van der Waals surface area (Å²) >= 11 is 0. The first-order chi connectivity index (χ1) is 13.7. The molecule has 0 unspecified atom stereocenters. The van der Waals surface area contributed by atoms with Gasteiger partial charge in [-0.1, -0.05) is 12.1 Å². The highest BCUT2D eigenvalue weighted by Crippen LogP contribution is 2.24. The fourth-order valence-electron chi connectivity index (χ4n) is 3.00. The molecule has 0 atom stereocenters. The number of hydrogen-bond acceptors (Lipinski definition) is 7. The largest absolute Gasteiger partial charge is 0.497 e. The molecule has 0 radical (unpaired) electrons. The summed E-state index contributed by atoms with van der Waals surface area (Å²) in [7, 11) is 1.63. The Hall–Kier alpha value is -3.39. The average Bonchev–Trinajstić information content (AvgIpc) is 2.76. The number of methoxy groups -OCH3 is 1. The Balaban J connectivity index is 1.58. The summed E-state index contributed by atoms with van der Waals surface area (Å²) in [5.74, 6) is 1.97. The summed E-state index contributed by atoms with van der Waals surface area (Å²) in [4.78, 5) is 26.0. The topological polar surface area (TPSA) is 92.4 Å². The molecular formula is C20H21N5O3. The Morgan fingerprint density at radius 3 is 2.68 bits per heavy atom. The van der Waals surface area contributed by atoms with Gasteiger partial charge >= 0.3 is 0 Å². The molecule has 0 spiro atoms. The Kier molecular flexibility index (Phi) is 5.20. The first kappa shape index (κ1) is 18.0. The van der Waals surface area contributed by atoms with Crippen LogP contribution in [-0.4, -0.2) is 48.4 Å². The molecule has 1 fully saturated rings.